The minimum atomic E-state index is 0.135. The summed E-state index contributed by atoms with van der Waals surface area (Å²) in [4.78, 5) is 6.99. The highest BCUT2D eigenvalue weighted by atomic mass is 16.5. The Balaban J connectivity index is 1.53. The molecule has 1 aliphatic heterocycles. The zero-order chi connectivity index (χ0) is 17.9. The number of nitriles is 1. The van der Waals surface area contributed by atoms with Crippen LogP contribution in [-0.2, 0) is 13.1 Å². The fraction of sp³-hybridized carbons (Fsp3) is 0.350. The van der Waals surface area contributed by atoms with Crippen molar-refractivity contribution in [3.8, 4) is 17.5 Å². The number of hydrogen-bond acceptors (Lipinski definition) is 5. The van der Waals surface area contributed by atoms with E-state index in [1.807, 2.05) is 47.9 Å². The Bertz CT molecular complexity index is 921. The molecule has 6 heteroatoms. The van der Waals surface area contributed by atoms with Gasteiger partial charge in [0.25, 0.3) is 0 Å². The zero-order valence-corrected chi connectivity index (χ0v) is 14.8. The average molecular weight is 347 g/mol. The molecule has 0 spiro atoms. The van der Waals surface area contributed by atoms with Crippen LogP contribution in [0.2, 0.25) is 0 Å². The van der Waals surface area contributed by atoms with Crippen LogP contribution in [-0.4, -0.2) is 26.2 Å². The highest BCUT2D eigenvalue weighted by Gasteiger charge is 2.31. The largest absolute Gasteiger partial charge is 0.339 e. The van der Waals surface area contributed by atoms with Crippen LogP contribution in [0.25, 0.3) is 11.4 Å². The fourth-order valence-electron chi connectivity index (χ4n) is 3.61. The van der Waals surface area contributed by atoms with Crippen molar-refractivity contribution in [1.29, 1.82) is 5.26 Å². The predicted molar refractivity (Wildman–Crippen MR) is 96.9 cm³/mol. The third-order valence-corrected chi connectivity index (χ3v) is 4.92. The summed E-state index contributed by atoms with van der Waals surface area (Å²) in [5.74, 6) is 1.31. The number of nitrogens with zero attached hydrogens (tertiary/aromatic N) is 5. The first kappa shape index (κ1) is 16.6. The van der Waals surface area contributed by atoms with Crippen molar-refractivity contribution >= 4 is 0 Å². The Hall–Kier alpha value is -2.91. The third kappa shape index (κ3) is 3.14. The van der Waals surface area contributed by atoms with Crippen LogP contribution in [0.5, 0.6) is 0 Å². The Labute approximate surface area is 152 Å². The minimum Gasteiger partial charge on any atom is -0.339 e. The molecule has 1 atom stereocenters. The van der Waals surface area contributed by atoms with Crippen LogP contribution in [0.3, 0.4) is 0 Å². The molecule has 26 heavy (non-hydrogen) atoms. The van der Waals surface area contributed by atoms with Crippen molar-refractivity contribution in [3.05, 3.63) is 59.7 Å². The second-order valence-electron chi connectivity index (χ2n) is 6.58. The minimum absolute atomic E-state index is 0.135. The zero-order valence-electron chi connectivity index (χ0n) is 14.8. The monoisotopic (exact) mass is 347 g/mol. The van der Waals surface area contributed by atoms with Crippen molar-refractivity contribution < 1.29 is 4.52 Å². The van der Waals surface area contributed by atoms with E-state index in [4.69, 9.17) is 4.52 Å². The second-order valence-corrected chi connectivity index (χ2v) is 6.58. The van der Waals surface area contributed by atoms with Gasteiger partial charge in [0, 0.05) is 24.8 Å². The molecular formula is C20H21N5O. The maximum Gasteiger partial charge on any atom is 0.244 e. The molecule has 0 N–H and O–H groups in total. The third-order valence-electron chi connectivity index (χ3n) is 4.92. The van der Waals surface area contributed by atoms with Gasteiger partial charge in [-0.2, -0.15) is 10.2 Å². The van der Waals surface area contributed by atoms with E-state index >= 15 is 0 Å². The van der Waals surface area contributed by atoms with Crippen LogP contribution in [0, 0.1) is 11.3 Å². The summed E-state index contributed by atoms with van der Waals surface area (Å²) in [6.07, 6.45) is 4.18. The summed E-state index contributed by atoms with van der Waals surface area (Å²) in [6, 6.07) is 14.3. The predicted octanol–water partition coefficient (Wildman–Crippen LogP) is 3.77. The number of aromatic nitrogens is 3. The van der Waals surface area contributed by atoms with Gasteiger partial charge in [0.2, 0.25) is 11.7 Å². The van der Waals surface area contributed by atoms with Crippen molar-refractivity contribution in [2.45, 2.75) is 38.9 Å². The molecule has 0 radical (unpaired) electrons. The normalized spacial score (nSPS) is 17.5. The SMILES string of the molecule is CCn1cc(CN2CCC[C@H]2c2nc(-c3ccccc3)no2)cc1C#N. The van der Waals surface area contributed by atoms with Gasteiger partial charge in [-0.1, -0.05) is 35.5 Å². The summed E-state index contributed by atoms with van der Waals surface area (Å²) < 4.78 is 7.57. The molecular weight excluding hydrogens is 326 g/mol. The molecule has 1 aromatic carbocycles. The lowest BCUT2D eigenvalue weighted by Gasteiger charge is -2.20. The van der Waals surface area contributed by atoms with E-state index in [-0.39, 0.29) is 6.04 Å². The van der Waals surface area contributed by atoms with E-state index in [1.54, 1.807) is 0 Å². The van der Waals surface area contributed by atoms with Gasteiger partial charge in [0.1, 0.15) is 11.8 Å². The number of benzene rings is 1. The molecule has 0 bridgehead atoms. The molecule has 0 unspecified atom stereocenters. The van der Waals surface area contributed by atoms with Crippen LogP contribution in [0.4, 0.5) is 0 Å². The molecule has 0 aliphatic carbocycles. The first-order valence-corrected chi connectivity index (χ1v) is 9.00. The molecule has 0 amide bonds. The molecule has 132 valence electrons. The lowest BCUT2D eigenvalue weighted by atomic mass is 10.2. The van der Waals surface area contributed by atoms with Gasteiger partial charge in [0.05, 0.1) is 6.04 Å². The first-order valence-electron chi connectivity index (χ1n) is 9.00. The second kappa shape index (κ2) is 7.14. The smallest absolute Gasteiger partial charge is 0.244 e. The lowest BCUT2D eigenvalue weighted by Crippen LogP contribution is -2.22. The van der Waals surface area contributed by atoms with Crippen molar-refractivity contribution in [2.75, 3.05) is 6.54 Å². The number of likely N-dealkylation sites (tertiary alicyclic amines) is 1. The molecule has 1 saturated heterocycles. The van der Waals surface area contributed by atoms with E-state index in [0.717, 1.165) is 43.6 Å². The molecule has 3 heterocycles. The Morgan fingerprint density at radius 2 is 2.15 bits per heavy atom. The van der Waals surface area contributed by atoms with Crippen molar-refractivity contribution in [3.63, 3.8) is 0 Å². The summed E-state index contributed by atoms with van der Waals surface area (Å²) >= 11 is 0. The Morgan fingerprint density at radius 1 is 1.31 bits per heavy atom. The summed E-state index contributed by atoms with van der Waals surface area (Å²) in [5.41, 5.74) is 2.83. The number of aryl methyl sites for hydroxylation is 1. The van der Waals surface area contributed by atoms with Gasteiger partial charge < -0.3 is 9.09 Å². The molecule has 3 aromatic rings. The van der Waals surface area contributed by atoms with Crippen LogP contribution < -0.4 is 0 Å². The molecule has 1 aliphatic rings. The average Bonchev–Trinajstić information content (AvgIpc) is 3.41. The van der Waals surface area contributed by atoms with Crippen molar-refractivity contribution in [2.24, 2.45) is 0 Å². The van der Waals surface area contributed by atoms with Crippen LogP contribution >= 0.6 is 0 Å². The van der Waals surface area contributed by atoms with E-state index in [0.29, 0.717) is 17.4 Å². The van der Waals surface area contributed by atoms with Gasteiger partial charge in [0.15, 0.2) is 0 Å². The van der Waals surface area contributed by atoms with Gasteiger partial charge in [-0.3, -0.25) is 4.90 Å². The topological polar surface area (TPSA) is 70.9 Å². The van der Waals surface area contributed by atoms with Crippen molar-refractivity contribution in [1.82, 2.24) is 19.6 Å². The maximum atomic E-state index is 9.25. The van der Waals surface area contributed by atoms with E-state index in [2.05, 4.69) is 27.3 Å². The summed E-state index contributed by atoms with van der Waals surface area (Å²) in [6.45, 7) is 4.63. The van der Waals surface area contributed by atoms with Crippen LogP contribution in [0.1, 0.15) is 43.0 Å². The summed E-state index contributed by atoms with van der Waals surface area (Å²) in [5, 5.41) is 13.4. The summed E-state index contributed by atoms with van der Waals surface area (Å²) in [7, 11) is 0. The van der Waals surface area contributed by atoms with Gasteiger partial charge in [-0.15, -0.1) is 0 Å². The first-order chi connectivity index (χ1) is 12.8. The molecule has 4 rings (SSSR count). The number of hydrogen-bond donors (Lipinski definition) is 0. The molecule has 1 fully saturated rings. The van der Waals surface area contributed by atoms with Gasteiger partial charge in [-0.05, 0) is 37.9 Å². The fourth-order valence-corrected chi connectivity index (χ4v) is 3.61. The Morgan fingerprint density at radius 3 is 2.88 bits per heavy atom. The van der Waals surface area contributed by atoms with E-state index in [9.17, 15) is 5.26 Å². The molecule has 2 aromatic heterocycles. The highest BCUT2D eigenvalue weighted by molar-refractivity contribution is 5.53. The van der Waals surface area contributed by atoms with Gasteiger partial charge >= 0.3 is 0 Å². The standard InChI is InChI=1S/C20H21N5O/c1-2-24-13-15(11-17(24)12-21)14-25-10-6-9-18(25)20-22-19(23-26-20)16-7-4-3-5-8-16/h3-5,7-8,11,13,18H,2,6,9-10,14H2,1H3/t18-/m0/s1. The Kier molecular flexibility index (Phi) is 4.55. The molecule has 0 saturated carbocycles. The molecule has 6 nitrogen and oxygen atoms in total. The quantitative estimate of drug-likeness (QED) is 0.702. The number of rotatable bonds is 5. The van der Waals surface area contributed by atoms with Gasteiger partial charge in [-0.25, -0.2) is 0 Å². The maximum absolute atomic E-state index is 9.25. The van der Waals surface area contributed by atoms with Crippen LogP contribution in [0.15, 0.2) is 47.1 Å². The highest BCUT2D eigenvalue weighted by Crippen LogP contribution is 2.33. The van der Waals surface area contributed by atoms with E-state index in [1.165, 1.54) is 0 Å². The van der Waals surface area contributed by atoms with E-state index < -0.39 is 0 Å². The lowest BCUT2D eigenvalue weighted by molar-refractivity contribution is 0.201.